The number of benzene rings is 2. The summed E-state index contributed by atoms with van der Waals surface area (Å²) < 4.78 is 12.5. The van der Waals surface area contributed by atoms with E-state index in [-0.39, 0.29) is 24.5 Å². The fourth-order valence-corrected chi connectivity index (χ4v) is 3.04. The van der Waals surface area contributed by atoms with Gasteiger partial charge < -0.3 is 19.7 Å². The molecule has 1 N–H and O–H groups in total. The molecule has 3 rings (SSSR count). The smallest absolute Gasteiger partial charge is 0.251 e. The summed E-state index contributed by atoms with van der Waals surface area (Å²) >= 11 is 3.33. The molecule has 2 aromatic carbocycles. The molecule has 1 atom stereocenters. The number of hydrogen-bond donors (Lipinski definition) is 1. The molecule has 1 aliphatic heterocycles. The van der Waals surface area contributed by atoms with Crippen LogP contribution >= 0.6 is 15.9 Å². The van der Waals surface area contributed by atoms with Gasteiger partial charge in [0, 0.05) is 16.6 Å². The second-order valence-corrected chi connectivity index (χ2v) is 7.04. The van der Waals surface area contributed by atoms with Gasteiger partial charge >= 0.3 is 0 Å². The van der Waals surface area contributed by atoms with Crippen LogP contribution in [0, 0.1) is 0 Å². The number of para-hydroxylation sites is 2. The number of carbonyl (C=O) groups excluding carboxylic acids is 2. The lowest BCUT2D eigenvalue weighted by Crippen LogP contribution is -2.46. The van der Waals surface area contributed by atoms with Gasteiger partial charge in [0.1, 0.15) is 6.61 Å². The van der Waals surface area contributed by atoms with E-state index < -0.39 is 0 Å². The Morgan fingerprint density at radius 3 is 2.56 bits per heavy atom. The quantitative estimate of drug-likeness (QED) is 0.761. The van der Waals surface area contributed by atoms with Crippen molar-refractivity contribution in [2.24, 2.45) is 0 Å². The number of amides is 2. The van der Waals surface area contributed by atoms with E-state index in [1.165, 1.54) is 0 Å². The number of halogens is 1. The molecule has 0 spiro atoms. The minimum absolute atomic E-state index is 0.0626. The number of fused-ring (bicyclic) bond motifs is 1. The predicted molar refractivity (Wildman–Crippen MR) is 105 cm³/mol. The Bertz CT molecular complexity index is 810. The first-order valence-electron chi connectivity index (χ1n) is 8.77. The average molecular weight is 433 g/mol. The molecule has 27 heavy (non-hydrogen) atoms. The summed E-state index contributed by atoms with van der Waals surface area (Å²) in [6.45, 7) is 3.14. The van der Waals surface area contributed by atoms with Crippen LogP contribution in [0.25, 0.3) is 0 Å². The lowest BCUT2D eigenvalue weighted by molar-refractivity contribution is -0.131. The highest BCUT2D eigenvalue weighted by atomic mass is 79.9. The van der Waals surface area contributed by atoms with E-state index in [1.54, 1.807) is 29.2 Å². The van der Waals surface area contributed by atoms with Crippen LogP contribution in [-0.4, -0.2) is 49.1 Å². The van der Waals surface area contributed by atoms with Gasteiger partial charge in [0.2, 0.25) is 5.91 Å². The molecule has 1 heterocycles. The topological polar surface area (TPSA) is 67.9 Å². The first-order valence-corrected chi connectivity index (χ1v) is 9.56. The number of ether oxygens (including phenoxy) is 2. The lowest BCUT2D eigenvalue weighted by atomic mass is 10.2. The highest BCUT2D eigenvalue weighted by Gasteiger charge is 2.24. The molecule has 7 heteroatoms. The third-order valence-corrected chi connectivity index (χ3v) is 4.76. The second kappa shape index (κ2) is 8.90. The van der Waals surface area contributed by atoms with Gasteiger partial charge in [0.05, 0.1) is 13.1 Å². The summed E-state index contributed by atoms with van der Waals surface area (Å²) in [7, 11) is 0. The zero-order valence-corrected chi connectivity index (χ0v) is 16.6. The van der Waals surface area contributed by atoms with Crippen LogP contribution in [0.15, 0.2) is 53.0 Å². The number of hydrogen-bond acceptors (Lipinski definition) is 4. The molecular formula is C20H21BrN2O4. The summed E-state index contributed by atoms with van der Waals surface area (Å²) in [6.07, 6.45) is -0.244. The number of nitrogens with one attached hydrogen (secondary N) is 1. The van der Waals surface area contributed by atoms with Crippen LogP contribution in [0.5, 0.6) is 11.5 Å². The van der Waals surface area contributed by atoms with Gasteiger partial charge in [-0.2, -0.15) is 0 Å². The van der Waals surface area contributed by atoms with Crippen molar-refractivity contribution in [3.63, 3.8) is 0 Å². The lowest BCUT2D eigenvalue weighted by Gasteiger charge is -2.31. The maximum absolute atomic E-state index is 12.5. The Balaban J connectivity index is 1.52. The molecule has 142 valence electrons. The third-order valence-electron chi connectivity index (χ3n) is 4.23. The molecule has 0 radical (unpaired) electrons. The van der Waals surface area contributed by atoms with Crippen molar-refractivity contribution in [1.29, 1.82) is 0 Å². The fourth-order valence-electron chi connectivity index (χ4n) is 2.78. The van der Waals surface area contributed by atoms with Gasteiger partial charge in [-0.25, -0.2) is 0 Å². The molecule has 0 aromatic heterocycles. The SMILES string of the molecule is CCN(CC1COc2ccccc2O1)C(=O)CNC(=O)c1ccc(Br)cc1. The van der Waals surface area contributed by atoms with E-state index in [2.05, 4.69) is 21.2 Å². The van der Waals surface area contributed by atoms with Gasteiger partial charge in [-0.3, -0.25) is 9.59 Å². The van der Waals surface area contributed by atoms with Crippen molar-refractivity contribution in [2.75, 3.05) is 26.2 Å². The Kier molecular flexibility index (Phi) is 6.34. The highest BCUT2D eigenvalue weighted by Crippen LogP contribution is 2.30. The Morgan fingerprint density at radius 1 is 1.15 bits per heavy atom. The van der Waals surface area contributed by atoms with Crippen molar-refractivity contribution in [3.8, 4) is 11.5 Å². The summed E-state index contributed by atoms with van der Waals surface area (Å²) in [4.78, 5) is 26.3. The Labute approximate surface area is 166 Å². The maximum Gasteiger partial charge on any atom is 0.251 e. The van der Waals surface area contributed by atoms with Crippen molar-refractivity contribution < 1.29 is 19.1 Å². The molecule has 2 amide bonds. The van der Waals surface area contributed by atoms with Crippen molar-refractivity contribution >= 4 is 27.7 Å². The van der Waals surface area contributed by atoms with E-state index in [4.69, 9.17) is 9.47 Å². The standard InChI is InChI=1S/C20H21BrN2O4/c1-2-23(12-16-13-26-17-5-3-4-6-18(17)27-16)19(24)11-22-20(25)14-7-9-15(21)10-8-14/h3-10,16H,2,11-13H2,1H3,(H,22,25). The van der Waals surface area contributed by atoms with Gasteiger partial charge in [-0.15, -0.1) is 0 Å². The second-order valence-electron chi connectivity index (χ2n) is 6.12. The molecule has 0 fully saturated rings. The van der Waals surface area contributed by atoms with E-state index in [9.17, 15) is 9.59 Å². The molecule has 2 aromatic rings. The van der Waals surface area contributed by atoms with Crippen LogP contribution in [0.2, 0.25) is 0 Å². The van der Waals surface area contributed by atoms with Crippen LogP contribution < -0.4 is 14.8 Å². The van der Waals surface area contributed by atoms with Crippen molar-refractivity contribution in [1.82, 2.24) is 10.2 Å². The number of rotatable bonds is 6. The summed E-state index contributed by atoms with van der Waals surface area (Å²) in [5.74, 6) is 0.953. The molecule has 0 saturated heterocycles. The number of carbonyl (C=O) groups is 2. The van der Waals surface area contributed by atoms with E-state index in [0.717, 1.165) is 4.47 Å². The van der Waals surface area contributed by atoms with Crippen molar-refractivity contribution in [3.05, 3.63) is 58.6 Å². The van der Waals surface area contributed by atoms with Gasteiger partial charge in [0.15, 0.2) is 17.6 Å². The molecule has 1 unspecified atom stereocenters. The first-order chi connectivity index (χ1) is 13.1. The number of likely N-dealkylation sites (N-methyl/N-ethyl adjacent to an activating group) is 1. The fraction of sp³-hybridized carbons (Fsp3) is 0.300. The van der Waals surface area contributed by atoms with Gasteiger partial charge in [-0.1, -0.05) is 28.1 Å². The minimum atomic E-state index is -0.280. The molecule has 0 bridgehead atoms. The van der Waals surface area contributed by atoms with Gasteiger partial charge in [-0.05, 0) is 43.3 Å². The monoisotopic (exact) mass is 432 g/mol. The van der Waals surface area contributed by atoms with Gasteiger partial charge in [0.25, 0.3) is 5.91 Å². The van der Waals surface area contributed by atoms with E-state index in [0.29, 0.717) is 36.8 Å². The van der Waals surface area contributed by atoms with E-state index >= 15 is 0 Å². The molecular weight excluding hydrogens is 412 g/mol. The molecule has 1 aliphatic rings. The van der Waals surface area contributed by atoms with Crippen LogP contribution in [-0.2, 0) is 4.79 Å². The largest absolute Gasteiger partial charge is 0.486 e. The van der Waals surface area contributed by atoms with Crippen LogP contribution in [0.4, 0.5) is 0 Å². The number of nitrogens with zero attached hydrogens (tertiary/aromatic N) is 1. The normalized spacial score (nSPS) is 15.1. The zero-order valence-electron chi connectivity index (χ0n) is 15.0. The van der Waals surface area contributed by atoms with E-state index in [1.807, 2.05) is 31.2 Å². The van der Waals surface area contributed by atoms with Crippen LogP contribution in [0.3, 0.4) is 0 Å². The molecule has 0 saturated carbocycles. The molecule has 0 aliphatic carbocycles. The zero-order chi connectivity index (χ0) is 19.2. The molecule has 6 nitrogen and oxygen atoms in total. The third kappa shape index (κ3) is 5.01. The summed E-state index contributed by atoms with van der Waals surface area (Å²) in [5.41, 5.74) is 0.509. The Morgan fingerprint density at radius 2 is 1.85 bits per heavy atom. The predicted octanol–water partition coefficient (Wildman–Crippen LogP) is 2.87. The highest BCUT2D eigenvalue weighted by molar-refractivity contribution is 9.10. The minimum Gasteiger partial charge on any atom is -0.486 e. The first kappa shape index (κ1) is 19.2. The average Bonchev–Trinajstić information content (AvgIpc) is 2.70. The van der Waals surface area contributed by atoms with Crippen molar-refractivity contribution in [2.45, 2.75) is 13.0 Å². The van der Waals surface area contributed by atoms with Crippen LogP contribution in [0.1, 0.15) is 17.3 Å². The summed E-state index contributed by atoms with van der Waals surface area (Å²) in [6, 6.07) is 14.4. The maximum atomic E-state index is 12.5. The summed E-state index contributed by atoms with van der Waals surface area (Å²) in [5, 5.41) is 2.67. The Hall–Kier alpha value is -2.54.